The second-order valence-electron chi connectivity index (χ2n) is 3.77. The normalized spacial score (nSPS) is 10.6. The van der Waals surface area contributed by atoms with Crippen molar-refractivity contribution in [2.24, 2.45) is 0 Å². The average Bonchev–Trinajstić information content (AvgIpc) is 2.87. The Morgan fingerprint density at radius 3 is 2.95 bits per heavy atom. The first-order chi connectivity index (χ1) is 9.28. The Morgan fingerprint density at radius 1 is 1.26 bits per heavy atom. The lowest BCUT2D eigenvalue weighted by Crippen LogP contribution is -1.99. The number of halogens is 1. The summed E-state index contributed by atoms with van der Waals surface area (Å²) < 4.78 is 5.77. The maximum Gasteiger partial charge on any atom is 0.200 e. The highest BCUT2D eigenvalue weighted by atomic mass is 79.9. The molecule has 1 aromatic carbocycles. The van der Waals surface area contributed by atoms with Crippen LogP contribution in [0.2, 0.25) is 0 Å². The van der Waals surface area contributed by atoms with Gasteiger partial charge in [0, 0.05) is 0 Å². The number of rotatable bonds is 3. The monoisotopic (exact) mass is 319 g/mol. The number of methoxy groups -OCH3 is 1. The van der Waals surface area contributed by atoms with Gasteiger partial charge in [0.2, 0.25) is 4.73 Å². The molecule has 3 aromatic rings. The molecule has 0 bridgehead atoms. The number of para-hydroxylation sites is 2. The smallest absolute Gasteiger partial charge is 0.200 e. The van der Waals surface area contributed by atoms with Crippen molar-refractivity contribution in [3.8, 4) is 5.75 Å². The summed E-state index contributed by atoms with van der Waals surface area (Å²) in [7, 11) is 1.63. The molecule has 0 amide bonds. The van der Waals surface area contributed by atoms with Gasteiger partial charge in [-0.25, -0.2) is 15.0 Å². The van der Waals surface area contributed by atoms with Crippen LogP contribution in [0, 0.1) is 0 Å². The summed E-state index contributed by atoms with van der Waals surface area (Å²) in [6, 6.07) is 7.62. The Bertz CT molecular complexity index is 727. The molecule has 2 aromatic heterocycles. The van der Waals surface area contributed by atoms with Gasteiger partial charge >= 0.3 is 0 Å². The van der Waals surface area contributed by atoms with Gasteiger partial charge in [-0.1, -0.05) is 12.1 Å². The molecule has 0 aliphatic carbocycles. The van der Waals surface area contributed by atoms with Crippen LogP contribution in [0.3, 0.4) is 0 Å². The average molecular weight is 320 g/mol. The van der Waals surface area contributed by atoms with Crippen LogP contribution in [-0.4, -0.2) is 27.0 Å². The van der Waals surface area contributed by atoms with Gasteiger partial charge in [0.25, 0.3) is 0 Å². The second-order valence-corrected chi connectivity index (χ2v) is 4.48. The Kier molecular flexibility index (Phi) is 3.04. The van der Waals surface area contributed by atoms with Gasteiger partial charge < -0.3 is 15.0 Å². The first-order valence-electron chi connectivity index (χ1n) is 5.54. The number of anilines is 2. The van der Waals surface area contributed by atoms with Crippen molar-refractivity contribution in [3.05, 3.63) is 35.3 Å². The Morgan fingerprint density at radius 2 is 2.11 bits per heavy atom. The van der Waals surface area contributed by atoms with Gasteiger partial charge in [0.05, 0.1) is 19.1 Å². The number of benzene rings is 1. The summed E-state index contributed by atoms with van der Waals surface area (Å²) >= 11 is 3.27. The number of nitrogens with one attached hydrogen (secondary N) is 2. The minimum atomic E-state index is 0.476. The van der Waals surface area contributed by atoms with Crippen LogP contribution in [0.4, 0.5) is 11.5 Å². The van der Waals surface area contributed by atoms with E-state index < -0.39 is 0 Å². The van der Waals surface area contributed by atoms with E-state index in [9.17, 15) is 0 Å². The van der Waals surface area contributed by atoms with Crippen LogP contribution >= 0.6 is 15.9 Å². The van der Waals surface area contributed by atoms with Crippen molar-refractivity contribution in [2.45, 2.75) is 0 Å². The molecule has 3 rings (SSSR count). The lowest BCUT2D eigenvalue weighted by molar-refractivity contribution is 0.417. The summed E-state index contributed by atoms with van der Waals surface area (Å²) in [4.78, 5) is 15.6. The highest BCUT2D eigenvalue weighted by molar-refractivity contribution is 9.10. The first-order valence-corrected chi connectivity index (χ1v) is 6.34. The Balaban J connectivity index is 2.07. The van der Waals surface area contributed by atoms with Crippen molar-refractivity contribution in [1.29, 1.82) is 0 Å². The van der Waals surface area contributed by atoms with Crippen molar-refractivity contribution >= 4 is 38.6 Å². The predicted octanol–water partition coefficient (Wildman–Crippen LogP) is 2.87. The van der Waals surface area contributed by atoms with Crippen molar-refractivity contribution in [1.82, 2.24) is 19.9 Å². The minimum absolute atomic E-state index is 0.476. The fourth-order valence-corrected chi connectivity index (χ4v) is 2.12. The van der Waals surface area contributed by atoms with E-state index in [1.54, 1.807) is 13.4 Å². The molecule has 0 aliphatic rings. The molecular formula is C12H10BrN5O. The predicted molar refractivity (Wildman–Crippen MR) is 75.7 cm³/mol. The molecule has 0 atom stereocenters. The number of hydrogen-bond donors (Lipinski definition) is 2. The molecule has 0 saturated heterocycles. The van der Waals surface area contributed by atoms with Gasteiger partial charge in [-0.3, -0.25) is 0 Å². The third-order valence-corrected chi connectivity index (χ3v) is 2.97. The van der Waals surface area contributed by atoms with Crippen LogP contribution in [-0.2, 0) is 0 Å². The van der Waals surface area contributed by atoms with Gasteiger partial charge in [-0.05, 0) is 28.1 Å². The van der Waals surface area contributed by atoms with Crippen molar-refractivity contribution in [3.63, 3.8) is 0 Å². The highest BCUT2D eigenvalue weighted by Crippen LogP contribution is 2.29. The quantitative estimate of drug-likeness (QED) is 0.726. The molecule has 2 N–H and O–H groups in total. The zero-order chi connectivity index (χ0) is 13.2. The Hall–Kier alpha value is -2.15. The summed E-state index contributed by atoms with van der Waals surface area (Å²) in [5.74, 6) is 1.38. The number of hydrogen-bond acceptors (Lipinski definition) is 5. The number of aromatic amines is 1. The summed E-state index contributed by atoms with van der Waals surface area (Å²) in [5.41, 5.74) is 2.17. The lowest BCUT2D eigenvalue weighted by atomic mass is 10.3. The number of H-pyrrole nitrogens is 1. The number of fused-ring (bicyclic) bond motifs is 1. The van der Waals surface area contributed by atoms with Crippen molar-refractivity contribution < 1.29 is 4.74 Å². The molecule has 2 heterocycles. The van der Waals surface area contributed by atoms with Crippen LogP contribution in [0.5, 0.6) is 5.75 Å². The molecular weight excluding hydrogens is 310 g/mol. The van der Waals surface area contributed by atoms with E-state index in [2.05, 4.69) is 41.2 Å². The van der Waals surface area contributed by atoms with E-state index in [0.717, 1.165) is 17.0 Å². The molecule has 7 heteroatoms. The summed E-state index contributed by atoms with van der Waals surface area (Å²) in [6.45, 7) is 0. The van der Waals surface area contributed by atoms with E-state index in [4.69, 9.17) is 4.74 Å². The van der Waals surface area contributed by atoms with Crippen LogP contribution in [0.1, 0.15) is 0 Å². The summed E-state index contributed by atoms with van der Waals surface area (Å²) in [5, 5.41) is 3.22. The minimum Gasteiger partial charge on any atom is -0.495 e. The number of imidazole rings is 1. The van der Waals surface area contributed by atoms with E-state index in [-0.39, 0.29) is 0 Å². The molecule has 0 saturated carbocycles. The van der Waals surface area contributed by atoms with E-state index in [1.807, 2.05) is 24.3 Å². The van der Waals surface area contributed by atoms with E-state index in [0.29, 0.717) is 16.2 Å². The third-order valence-electron chi connectivity index (χ3n) is 2.62. The molecule has 0 unspecified atom stereocenters. The van der Waals surface area contributed by atoms with Gasteiger partial charge in [0.1, 0.15) is 11.3 Å². The van der Waals surface area contributed by atoms with Crippen LogP contribution in [0.15, 0.2) is 35.3 Å². The van der Waals surface area contributed by atoms with Gasteiger partial charge in [-0.2, -0.15) is 0 Å². The molecule has 0 aliphatic heterocycles. The molecule has 6 nitrogen and oxygen atoms in total. The molecule has 0 spiro atoms. The topological polar surface area (TPSA) is 75.7 Å². The maximum atomic E-state index is 5.30. The zero-order valence-corrected chi connectivity index (χ0v) is 11.6. The molecule has 19 heavy (non-hydrogen) atoms. The van der Waals surface area contributed by atoms with Gasteiger partial charge in [0.15, 0.2) is 11.5 Å². The van der Waals surface area contributed by atoms with Gasteiger partial charge in [-0.15, -0.1) is 0 Å². The fraction of sp³-hybridized carbons (Fsp3) is 0.0833. The SMILES string of the molecule is COc1ccccc1Nc1nc(Br)nc2nc[nH]c12. The fourth-order valence-electron chi connectivity index (χ4n) is 1.77. The van der Waals surface area contributed by atoms with E-state index in [1.165, 1.54) is 0 Å². The first kappa shape index (κ1) is 11.9. The number of aromatic nitrogens is 4. The highest BCUT2D eigenvalue weighted by Gasteiger charge is 2.10. The third kappa shape index (κ3) is 2.24. The number of nitrogens with zero attached hydrogens (tertiary/aromatic N) is 3. The largest absolute Gasteiger partial charge is 0.495 e. The molecule has 0 fully saturated rings. The van der Waals surface area contributed by atoms with Crippen LogP contribution < -0.4 is 10.1 Å². The van der Waals surface area contributed by atoms with Crippen LogP contribution in [0.25, 0.3) is 11.2 Å². The lowest BCUT2D eigenvalue weighted by Gasteiger charge is -2.10. The molecule has 96 valence electrons. The summed E-state index contributed by atoms with van der Waals surface area (Å²) in [6.07, 6.45) is 1.58. The zero-order valence-electron chi connectivity index (χ0n) is 10.0. The molecule has 0 radical (unpaired) electrons. The maximum absolute atomic E-state index is 5.30. The standard InChI is InChI=1S/C12H10BrN5O/c1-19-8-5-3-2-4-7(8)16-11-9-10(15-6-14-9)17-12(13)18-11/h2-6H,1H3,(H2,14,15,16,17,18). The number of ether oxygens (including phenoxy) is 1. The van der Waals surface area contributed by atoms with E-state index >= 15 is 0 Å². The second kappa shape index (κ2) is 4.85. The Labute approximate surface area is 117 Å². The van der Waals surface area contributed by atoms with Crippen molar-refractivity contribution in [2.75, 3.05) is 12.4 Å².